The van der Waals surface area contributed by atoms with Crippen molar-refractivity contribution in [3.8, 4) is 33.4 Å². The predicted octanol–water partition coefficient (Wildman–Crippen LogP) is 11.2. The molecule has 8 aromatic carbocycles. The fraction of sp³-hybridized carbons (Fsp3) is 0.0577. The highest BCUT2D eigenvalue weighted by molar-refractivity contribution is 6.20. The maximum Gasteiger partial charge on any atom is 0.194 e. The van der Waals surface area contributed by atoms with Gasteiger partial charge in [0.1, 0.15) is 17.1 Å². The van der Waals surface area contributed by atoms with Crippen LogP contribution in [0.1, 0.15) is 34.3 Å². The second-order valence-electron chi connectivity index (χ2n) is 15.4. The summed E-state index contributed by atoms with van der Waals surface area (Å²) in [6, 6.07) is 61.8. The molecule has 0 saturated heterocycles. The SMILES string of the molecule is c1ccc(-c2ccc3c(c2)-c2cc4c(c5c2C3Cc2ccccc2-5)c2ccccc2n4C2=c3oc4ccccc4c3=NC(c3ccc4ccccc4c3)N2)cc1. The third kappa shape index (κ3) is 4.10. The summed E-state index contributed by atoms with van der Waals surface area (Å²) in [7, 11) is 0. The molecule has 4 nitrogen and oxygen atoms in total. The average molecular weight is 716 g/mol. The van der Waals surface area contributed by atoms with Crippen molar-refractivity contribution < 1.29 is 4.42 Å². The van der Waals surface area contributed by atoms with Crippen LogP contribution in [0.3, 0.4) is 0 Å². The van der Waals surface area contributed by atoms with Crippen molar-refractivity contribution in [1.29, 1.82) is 0 Å². The quantitative estimate of drug-likeness (QED) is 0.198. The molecule has 0 bridgehead atoms. The van der Waals surface area contributed by atoms with Gasteiger partial charge in [0.2, 0.25) is 0 Å². The maximum atomic E-state index is 6.82. The standard InChI is InChI=1S/C52H33N3O/c1-2-12-30(13-3-1)33-24-25-37-40(27-33)42-29-44-47(48-36-17-7-6-16-34(36)28-41(37)46(42)48)38-18-8-10-20-43(38)55(44)52-50-49(39-19-9-11-21-45(39)56-50)53-51(54-52)35-23-22-31-14-4-5-15-32(31)26-35/h1-27,29,41,51,54H,28H2. The van der Waals surface area contributed by atoms with E-state index in [-0.39, 0.29) is 6.17 Å². The van der Waals surface area contributed by atoms with Crippen LogP contribution in [0.15, 0.2) is 179 Å². The Morgan fingerprint density at radius 1 is 0.589 bits per heavy atom. The Morgan fingerprint density at radius 2 is 1.38 bits per heavy atom. The Kier molecular flexibility index (Phi) is 6.03. The third-order valence-corrected chi connectivity index (χ3v) is 12.5. The van der Waals surface area contributed by atoms with Gasteiger partial charge in [-0.3, -0.25) is 9.56 Å². The third-order valence-electron chi connectivity index (χ3n) is 12.5. The number of rotatable bonds is 3. The number of hydrogen-bond acceptors (Lipinski definition) is 3. The number of furan rings is 1. The van der Waals surface area contributed by atoms with E-state index >= 15 is 0 Å². The summed E-state index contributed by atoms with van der Waals surface area (Å²) in [5, 5.41) is 10.8. The monoisotopic (exact) mass is 715 g/mol. The van der Waals surface area contributed by atoms with Crippen LogP contribution in [-0.2, 0) is 6.42 Å². The molecule has 2 aromatic heterocycles. The summed E-state index contributed by atoms with van der Waals surface area (Å²) in [6.45, 7) is 0. The molecule has 2 aliphatic carbocycles. The fourth-order valence-electron chi connectivity index (χ4n) is 10.1. The molecule has 2 atom stereocenters. The van der Waals surface area contributed by atoms with Gasteiger partial charge in [-0.05, 0) is 109 Å². The Hall–Kier alpha value is -7.17. The molecule has 0 amide bonds. The Balaban J connectivity index is 1.15. The lowest BCUT2D eigenvalue weighted by atomic mass is 9.76. The minimum absolute atomic E-state index is 0.291. The number of hydrogen-bond donors (Lipinski definition) is 1. The van der Waals surface area contributed by atoms with E-state index in [1.54, 1.807) is 0 Å². The Labute approximate surface area is 322 Å². The van der Waals surface area contributed by atoms with Gasteiger partial charge < -0.3 is 9.73 Å². The van der Waals surface area contributed by atoms with Crippen LogP contribution in [0, 0.1) is 0 Å². The summed E-state index contributed by atoms with van der Waals surface area (Å²) in [6.07, 6.45) is 0.667. The lowest BCUT2D eigenvalue weighted by molar-refractivity contribution is 0.525. The van der Waals surface area contributed by atoms with Gasteiger partial charge in [0.05, 0.1) is 11.0 Å². The summed E-state index contributed by atoms with van der Waals surface area (Å²) in [5.74, 6) is 1.19. The normalized spacial score (nSPS) is 16.4. The van der Waals surface area contributed by atoms with Gasteiger partial charge in [-0.1, -0.05) is 133 Å². The minimum Gasteiger partial charge on any atom is -0.451 e. The zero-order valence-electron chi connectivity index (χ0n) is 30.3. The van der Waals surface area contributed by atoms with Crippen LogP contribution in [0.25, 0.3) is 82.7 Å². The molecule has 262 valence electrons. The van der Waals surface area contributed by atoms with Gasteiger partial charge in [-0.2, -0.15) is 0 Å². The minimum atomic E-state index is -0.327. The summed E-state index contributed by atoms with van der Waals surface area (Å²) < 4.78 is 9.25. The van der Waals surface area contributed by atoms with Crippen molar-refractivity contribution in [2.75, 3.05) is 0 Å². The van der Waals surface area contributed by atoms with E-state index in [0.717, 1.165) is 50.6 Å². The van der Waals surface area contributed by atoms with E-state index in [1.807, 2.05) is 12.1 Å². The molecule has 1 aliphatic heterocycles. The van der Waals surface area contributed by atoms with Gasteiger partial charge in [0.25, 0.3) is 0 Å². The van der Waals surface area contributed by atoms with Crippen LogP contribution in [0.5, 0.6) is 0 Å². The lowest BCUT2D eigenvalue weighted by Gasteiger charge is -2.27. The number of nitrogens with zero attached hydrogens (tertiary/aromatic N) is 2. The van der Waals surface area contributed by atoms with Gasteiger partial charge in [0, 0.05) is 22.1 Å². The predicted molar refractivity (Wildman–Crippen MR) is 227 cm³/mol. The number of aromatic nitrogens is 1. The Bertz CT molecular complexity index is 3440. The second-order valence-corrected chi connectivity index (χ2v) is 15.4. The second kappa shape index (κ2) is 11.2. The molecule has 13 rings (SSSR count). The molecule has 3 heterocycles. The number of fused-ring (bicyclic) bond motifs is 13. The molecule has 56 heavy (non-hydrogen) atoms. The molecule has 10 aromatic rings. The van der Waals surface area contributed by atoms with Gasteiger partial charge in [-0.15, -0.1) is 0 Å². The van der Waals surface area contributed by atoms with E-state index < -0.39 is 0 Å². The summed E-state index contributed by atoms with van der Waals surface area (Å²) in [4.78, 5) is 5.40. The molecule has 3 aliphatic rings. The van der Waals surface area contributed by atoms with Crippen LogP contribution in [-0.4, -0.2) is 4.57 Å². The summed E-state index contributed by atoms with van der Waals surface area (Å²) in [5.41, 5.74) is 17.1. The molecular formula is C52H33N3O. The molecule has 0 radical (unpaired) electrons. The van der Waals surface area contributed by atoms with Gasteiger partial charge in [-0.25, -0.2) is 0 Å². The molecule has 0 fully saturated rings. The highest BCUT2D eigenvalue weighted by atomic mass is 16.3. The summed E-state index contributed by atoms with van der Waals surface area (Å²) >= 11 is 0. The molecular weight excluding hydrogens is 683 g/mol. The molecule has 1 N–H and O–H groups in total. The van der Waals surface area contributed by atoms with Crippen molar-refractivity contribution in [3.63, 3.8) is 0 Å². The number of benzene rings is 8. The molecule has 2 unspecified atom stereocenters. The first-order valence-electron chi connectivity index (χ1n) is 19.5. The smallest absolute Gasteiger partial charge is 0.194 e. The first kappa shape index (κ1) is 30.2. The van der Waals surface area contributed by atoms with Gasteiger partial charge in [0.15, 0.2) is 11.2 Å². The first-order chi connectivity index (χ1) is 27.8. The van der Waals surface area contributed by atoms with Crippen molar-refractivity contribution in [2.45, 2.75) is 18.5 Å². The van der Waals surface area contributed by atoms with Crippen LogP contribution in [0.2, 0.25) is 0 Å². The molecule has 0 saturated carbocycles. The zero-order chi connectivity index (χ0) is 36.5. The zero-order valence-corrected chi connectivity index (χ0v) is 30.3. The molecule has 4 heteroatoms. The maximum absolute atomic E-state index is 6.82. The highest BCUT2D eigenvalue weighted by Crippen LogP contribution is 2.57. The molecule has 0 spiro atoms. The topological polar surface area (TPSA) is 42.5 Å². The lowest BCUT2D eigenvalue weighted by Crippen LogP contribution is -2.40. The van der Waals surface area contributed by atoms with E-state index in [4.69, 9.17) is 9.41 Å². The number of nitrogens with one attached hydrogen (secondary N) is 1. The first-order valence-corrected chi connectivity index (χ1v) is 19.5. The van der Waals surface area contributed by atoms with Gasteiger partial charge >= 0.3 is 0 Å². The van der Waals surface area contributed by atoms with E-state index in [9.17, 15) is 0 Å². The van der Waals surface area contributed by atoms with Crippen LogP contribution < -0.4 is 16.1 Å². The largest absolute Gasteiger partial charge is 0.451 e. The Morgan fingerprint density at radius 3 is 2.30 bits per heavy atom. The van der Waals surface area contributed by atoms with Crippen molar-refractivity contribution in [3.05, 3.63) is 203 Å². The fourth-order valence-corrected chi connectivity index (χ4v) is 10.1. The van der Waals surface area contributed by atoms with Crippen molar-refractivity contribution >= 4 is 49.4 Å². The van der Waals surface area contributed by atoms with Crippen molar-refractivity contribution in [2.24, 2.45) is 4.99 Å². The van der Waals surface area contributed by atoms with E-state index in [2.05, 4.69) is 168 Å². The van der Waals surface area contributed by atoms with E-state index in [0.29, 0.717) is 5.92 Å². The average Bonchev–Trinajstić information content (AvgIpc) is 3.91. The highest BCUT2D eigenvalue weighted by Gasteiger charge is 2.38. The van der Waals surface area contributed by atoms with Crippen molar-refractivity contribution in [1.82, 2.24) is 9.88 Å². The number of para-hydroxylation sites is 2. The van der Waals surface area contributed by atoms with E-state index in [1.165, 1.54) is 71.6 Å². The van der Waals surface area contributed by atoms with Crippen LogP contribution in [0.4, 0.5) is 0 Å². The van der Waals surface area contributed by atoms with Crippen LogP contribution >= 0.6 is 0 Å².